The lowest BCUT2D eigenvalue weighted by Gasteiger charge is -2.28. The molecule has 0 aliphatic rings. The van der Waals surface area contributed by atoms with Gasteiger partial charge in [-0.1, -0.05) is 0 Å². The maximum Gasteiger partial charge on any atom is 0.322 e. The Labute approximate surface area is 107 Å². The summed E-state index contributed by atoms with van der Waals surface area (Å²) in [5, 5.41) is 12.0. The number of hydrogen-bond donors (Lipinski definition) is 2. The predicted octanol–water partition coefficient (Wildman–Crippen LogP) is 1.79. The van der Waals surface area contributed by atoms with Crippen molar-refractivity contribution in [1.29, 1.82) is 0 Å². The lowest BCUT2D eigenvalue weighted by Crippen LogP contribution is -2.44. The summed E-state index contributed by atoms with van der Waals surface area (Å²) in [7, 11) is 5.43. The van der Waals surface area contributed by atoms with Crippen LogP contribution in [-0.4, -0.2) is 43.2 Å². The Morgan fingerprint density at radius 2 is 2.19 bits per heavy atom. The molecule has 2 atom stereocenters. The minimum atomic E-state index is -0.842. The molecule has 0 aliphatic heterocycles. The van der Waals surface area contributed by atoms with Gasteiger partial charge in [0.2, 0.25) is 0 Å². The van der Waals surface area contributed by atoms with E-state index in [2.05, 4.69) is 21.2 Å². The lowest BCUT2D eigenvalue weighted by atomic mass is 10.1. The molecule has 0 aromatic carbocycles. The van der Waals surface area contributed by atoms with E-state index in [1.165, 1.54) is 0 Å². The van der Waals surface area contributed by atoms with Gasteiger partial charge in [-0.05, 0) is 49.2 Å². The molecule has 90 valence electrons. The first kappa shape index (κ1) is 13.6. The zero-order valence-electron chi connectivity index (χ0n) is 9.40. The van der Waals surface area contributed by atoms with Gasteiger partial charge in [0.15, 0.2) is 0 Å². The predicted molar refractivity (Wildman–Crippen MR) is 68.9 cm³/mol. The highest BCUT2D eigenvalue weighted by atomic mass is 79.9. The maximum absolute atomic E-state index is 11.2. The van der Waals surface area contributed by atoms with Crippen LogP contribution in [0.5, 0.6) is 0 Å². The SMILES string of the molecule is CNC(C(=O)O)C(c1ccc(Br)s1)N(C)C. The third kappa shape index (κ3) is 3.04. The molecule has 6 heteroatoms. The fraction of sp³-hybridized carbons (Fsp3) is 0.500. The number of carboxylic acids is 1. The standard InChI is InChI=1S/C10H15BrN2O2S/c1-12-8(10(14)15)9(13(2)3)6-4-5-7(11)16-6/h4-5,8-9,12H,1-3H3,(H,14,15). The van der Waals surface area contributed by atoms with Crippen molar-refractivity contribution >= 4 is 33.2 Å². The number of nitrogens with one attached hydrogen (secondary N) is 1. The van der Waals surface area contributed by atoms with E-state index in [0.29, 0.717) is 0 Å². The number of hydrogen-bond acceptors (Lipinski definition) is 4. The molecule has 4 nitrogen and oxygen atoms in total. The molecular formula is C10H15BrN2O2S. The molecule has 0 amide bonds. The number of rotatable bonds is 5. The van der Waals surface area contributed by atoms with E-state index in [0.717, 1.165) is 8.66 Å². The summed E-state index contributed by atoms with van der Waals surface area (Å²) in [5.41, 5.74) is 0. The van der Waals surface area contributed by atoms with E-state index in [1.54, 1.807) is 18.4 Å². The summed E-state index contributed by atoms with van der Waals surface area (Å²) >= 11 is 4.95. The molecule has 0 bridgehead atoms. The average molecular weight is 307 g/mol. The van der Waals surface area contributed by atoms with E-state index < -0.39 is 12.0 Å². The number of carboxylic acid groups (broad SMARTS) is 1. The van der Waals surface area contributed by atoms with E-state index >= 15 is 0 Å². The molecule has 0 saturated carbocycles. The van der Waals surface area contributed by atoms with E-state index in [9.17, 15) is 4.79 Å². The smallest absolute Gasteiger partial charge is 0.322 e. The minimum absolute atomic E-state index is 0.168. The van der Waals surface area contributed by atoms with Gasteiger partial charge >= 0.3 is 5.97 Å². The number of halogens is 1. The van der Waals surface area contributed by atoms with Gasteiger partial charge in [0.05, 0.1) is 9.83 Å². The number of carbonyl (C=O) groups is 1. The Morgan fingerprint density at radius 3 is 2.50 bits per heavy atom. The summed E-state index contributed by atoms with van der Waals surface area (Å²) < 4.78 is 1.01. The third-order valence-electron chi connectivity index (χ3n) is 2.33. The normalized spacial score (nSPS) is 15.1. The van der Waals surface area contributed by atoms with Crippen molar-refractivity contribution < 1.29 is 9.90 Å². The number of thiophene rings is 1. The quantitative estimate of drug-likeness (QED) is 0.871. The van der Waals surface area contributed by atoms with Crippen LogP contribution in [0, 0.1) is 0 Å². The van der Waals surface area contributed by atoms with Crippen LogP contribution in [0.25, 0.3) is 0 Å². The highest BCUT2D eigenvalue weighted by Gasteiger charge is 2.30. The average Bonchev–Trinajstić information content (AvgIpc) is 2.59. The highest BCUT2D eigenvalue weighted by molar-refractivity contribution is 9.11. The fourth-order valence-electron chi connectivity index (χ4n) is 1.62. The summed E-state index contributed by atoms with van der Waals surface area (Å²) in [4.78, 5) is 14.1. The highest BCUT2D eigenvalue weighted by Crippen LogP contribution is 2.31. The molecular weight excluding hydrogens is 292 g/mol. The molecule has 1 aromatic rings. The van der Waals surface area contributed by atoms with Crippen molar-refractivity contribution in [2.24, 2.45) is 0 Å². The van der Waals surface area contributed by atoms with E-state index in [-0.39, 0.29) is 6.04 Å². The molecule has 0 fully saturated rings. The lowest BCUT2D eigenvalue weighted by molar-refractivity contribution is -0.141. The molecule has 1 aromatic heterocycles. The number of likely N-dealkylation sites (N-methyl/N-ethyl adjacent to an activating group) is 2. The van der Waals surface area contributed by atoms with Gasteiger partial charge in [-0.2, -0.15) is 0 Å². The minimum Gasteiger partial charge on any atom is -0.480 e. The Balaban J connectivity index is 3.03. The van der Waals surface area contributed by atoms with Gasteiger partial charge in [0.25, 0.3) is 0 Å². The van der Waals surface area contributed by atoms with Gasteiger partial charge in [-0.15, -0.1) is 11.3 Å². The van der Waals surface area contributed by atoms with Crippen molar-refractivity contribution in [2.75, 3.05) is 21.1 Å². The summed E-state index contributed by atoms with van der Waals surface area (Å²) in [5.74, 6) is -0.842. The molecule has 2 unspecified atom stereocenters. The number of aliphatic carboxylic acids is 1. The first-order chi connectivity index (χ1) is 7.47. The van der Waals surface area contributed by atoms with Crippen LogP contribution < -0.4 is 5.32 Å². The van der Waals surface area contributed by atoms with Crippen molar-refractivity contribution in [1.82, 2.24) is 10.2 Å². The first-order valence-corrected chi connectivity index (χ1v) is 6.40. The molecule has 16 heavy (non-hydrogen) atoms. The molecule has 0 radical (unpaired) electrons. The first-order valence-electron chi connectivity index (χ1n) is 4.79. The maximum atomic E-state index is 11.2. The van der Waals surface area contributed by atoms with Crippen molar-refractivity contribution in [3.63, 3.8) is 0 Å². The van der Waals surface area contributed by atoms with Crippen molar-refractivity contribution in [2.45, 2.75) is 12.1 Å². The second kappa shape index (κ2) is 5.77. The zero-order chi connectivity index (χ0) is 12.3. The van der Waals surface area contributed by atoms with E-state index in [4.69, 9.17) is 5.11 Å². The molecule has 1 heterocycles. The van der Waals surface area contributed by atoms with Crippen LogP contribution in [0.15, 0.2) is 15.9 Å². The second-order valence-electron chi connectivity index (χ2n) is 3.65. The van der Waals surface area contributed by atoms with Gasteiger partial charge in [-0.3, -0.25) is 9.69 Å². The van der Waals surface area contributed by atoms with Gasteiger partial charge in [0.1, 0.15) is 6.04 Å². The van der Waals surface area contributed by atoms with Crippen molar-refractivity contribution in [3.05, 3.63) is 20.8 Å². The molecule has 0 spiro atoms. The summed E-state index contributed by atoms with van der Waals surface area (Å²) in [6, 6.07) is 3.11. The molecule has 0 aliphatic carbocycles. The van der Waals surface area contributed by atoms with Crippen LogP contribution in [0.1, 0.15) is 10.9 Å². The summed E-state index contributed by atoms with van der Waals surface area (Å²) in [6.45, 7) is 0. The second-order valence-corrected chi connectivity index (χ2v) is 6.15. The Bertz CT molecular complexity index is 367. The van der Waals surface area contributed by atoms with Gasteiger partial charge in [0, 0.05) is 4.88 Å². The Morgan fingerprint density at radius 1 is 1.56 bits per heavy atom. The zero-order valence-corrected chi connectivity index (χ0v) is 11.8. The topological polar surface area (TPSA) is 52.6 Å². The van der Waals surface area contributed by atoms with Crippen molar-refractivity contribution in [3.8, 4) is 0 Å². The van der Waals surface area contributed by atoms with Gasteiger partial charge in [-0.25, -0.2) is 0 Å². The molecule has 2 N–H and O–H groups in total. The van der Waals surface area contributed by atoms with Crippen LogP contribution >= 0.6 is 27.3 Å². The van der Waals surface area contributed by atoms with Gasteiger partial charge < -0.3 is 10.4 Å². The molecule has 0 saturated heterocycles. The van der Waals surface area contributed by atoms with E-state index in [1.807, 2.05) is 31.1 Å². The van der Waals surface area contributed by atoms with Crippen LogP contribution in [0.2, 0.25) is 0 Å². The van der Waals surface area contributed by atoms with Crippen LogP contribution in [0.4, 0.5) is 0 Å². The third-order valence-corrected chi connectivity index (χ3v) is 4.03. The fourth-order valence-corrected chi connectivity index (χ4v) is 3.28. The molecule has 1 rings (SSSR count). The summed E-state index contributed by atoms with van der Waals surface area (Å²) in [6.07, 6.45) is 0. The van der Waals surface area contributed by atoms with Crippen LogP contribution in [-0.2, 0) is 4.79 Å². The largest absolute Gasteiger partial charge is 0.480 e. The monoisotopic (exact) mass is 306 g/mol. The Hall–Kier alpha value is -0.430. The van der Waals surface area contributed by atoms with Crippen LogP contribution in [0.3, 0.4) is 0 Å². The number of nitrogens with zero attached hydrogens (tertiary/aromatic N) is 1. The Kier molecular flexibility index (Phi) is 4.91.